The molecule has 3 heterocycles. The number of anilines is 6. The fraction of sp³-hybridized carbons (Fsp3) is 0.323. The van der Waals surface area contributed by atoms with E-state index in [1.165, 1.54) is 96.6 Å². The molecule has 11 rings (SSSR count). The number of para-hydroxylation sites is 1. The zero-order valence-electron chi connectivity index (χ0n) is 41.5. The van der Waals surface area contributed by atoms with Crippen LogP contribution in [-0.2, 0) is 27.1 Å². The summed E-state index contributed by atoms with van der Waals surface area (Å²) >= 11 is 0. The first-order valence-electron chi connectivity index (χ1n) is 24.3. The van der Waals surface area contributed by atoms with Gasteiger partial charge in [0, 0.05) is 44.9 Å². The normalized spacial score (nSPS) is 16.3. The molecule has 1 aromatic heterocycles. The molecule has 3 nitrogen and oxygen atoms in total. The number of furan rings is 1. The Bertz CT molecular complexity index is 3270. The van der Waals surface area contributed by atoms with Gasteiger partial charge in [-0.05, 0) is 156 Å². The second kappa shape index (κ2) is 14.3. The SMILES string of the molecule is CC(C)(C)c1ccc2c(c1)N(c1ccc(-c3cccc4oc5ccccc5c34)cc1)c1cc(C(C)(C)C)cc3c1B2c1ccc(C(C)(C)C)cc1N3c1ccc2c(c1)C(C)(C)CCC2(C)C. The maximum atomic E-state index is 6.35. The number of rotatable bonds is 3. The molecule has 0 bridgehead atoms. The summed E-state index contributed by atoms with van der Waals surface area (Å²) in [7, 11) is 0. The second-order valence-corrected chi connectivity index (χ2v) is 24.2. The first-order valence-corrected chi connectivity index (χ1v) is 24.3. The van der Waals surface area contributed by atoms with E-state index >= 15 is 0 Å². The Morgan fingerprint density at radius 3 is 1.58 bits per heavy atom. The number of nitrogens with zero attached hydrogens (tertiary/aromatic N) is 2. The highest BCUT2D eigenvalue weighted by atomic mass is 16.3. The Balaban J connectivity index is 1.19. The third-order valence-electron chi connectivity index (χ3n) is 15.6. The van der Waals surface area contributed by atoms with E-state index in [9.17, 15) is 0 Å². The van der Waals surface area contributed by atoms with E-state index in [2.05, 4.69) is 227 Å². The average molecular weight is 865 g/mol. The third-order valence-corrected chi connectivity index (χ3v) is 15.6. The Labute approximate surface area is 393 Å². The van der Waals surface area contributed by atoms with Gasteiger partial charge in [-0.2, -0.15) is 0 Å². The number of benzene rings is 7. The van der Waals surface area contributed by atoms with E-state index in [1.807, 2.05) is 6.07 Å². The fourth-order valence-electron chi connectivity index (χ4n) is 11.4. The monoisotopic (exact) mass is 865 g/mol. The Morgan fingerprint density at radius 2 is 0.985 bits per heavy atom. The van der Waals surface area contributed by atoms with E-state index in [1.54, 1.807) is 0 Å². The van der Waals surface area contributed by atoms with Crippen molar-refractivity contribution in [2.24, 2.45) is 0 Å². The van der Waals surface area contributed by atoms with Gasteiger partial charge in [0.05, 0.1) is 0 Å². The van der Waals surface area contributed by atoms with E-state index < -0.39 is 0 Å². The lowest BCUT2D eigenvalue weighted by atomic mass is 9.33. The maximum Gasteiger partial charge on any atom is 0.252 e. The lowest BCUT2D eigenvalue weighted by molar-refractivity contribution is 0.332. The smallest absolute Gasteiger partial charge is 0.252 e. The van der Waals surface area contributed by atoms with Gasteiger partial charge < -0.3 is 14.2 Å². The van der Waals surface area contributed by atoms with Crippen molar-refractivity contribution in [2.75, 3.05) is 9.80 Å². The van der Waals surface area contributed by atoms with E-state index in [0.717, 1.165) is 27.6 Å². The van der Waals surface area contributed by atoms with Crippen molar-refractivity contribution < 1.29 is 4.42 Å². The minimum absolute atomic E-state index is 0.0213. The van der Waals surface area contributed by atoms with Gasteiger partial charge in [-0.3, -0.25) is 0 Å². The van der Waals surface area contributed by atoms with Crippen molar-refractivity contribution >= 4 is 79.2 Å². The summed E-state index contributed by atoms with van der Waals surface area (Å²) in [5, 5.41) is 2.31. The molecule has 0 spiro atoms. The molecule has 0 N–H and O–H groups in total. The fourth-order valence-corrected chi connectivity index (χ4v) is 11.4. The van der Waals surface area contributed by atoms with E-state index in [4.69, 9.17) is 4.42 Å². The molecule has 8 aromatic rings. The van der Waals surface area contributed by atoms with Crippen LogP contribution in [0.2, 0.25) is 0 Å². The lowest BCUT2D eigenvalue weighted by Gasteiger charge is -2.46. The molecule has 0 saturated carbocycles. The molecule has 332 valence electrons. The maximum absolute atomic E-state index is 6.35. The summed E-state index contributed by atoms with van der Waals surface area (Å²) in [4.78, 5) is 5.25. The van der Waals surface area contributed by atoms with Crippen molar-refractivity contribution in [2.45, 2.75) is 130 Å². The Hall–Kier alpha value is -6.00. The first kappa shape index (κ1) is 42.6. The number of fused-ring (bicyclic) bond motifs is 8. The number of hydrogen-bond acceptors (Lipinski definition) is 3. The van der Waals surface area contributed by atoms with Gasteiger partial charge in [-0.15, -0.1) is 0 Å². The van der Waals surface area contributed by atoms with E-state index in [0.29, 0.717) is 0 Å². The van der Waals surface area contributed by atoms with Crippen LogP contribution in [0.5, 0.6) is 0 Å². The van der Waals surface area contributed by atoms with Crippen molar-refractivity contribution in [3.63, 3.8) is 0 Å². The summed E-state index contributed by atoms with van der Waals surface area (Å²) in [5.41, 5.74) is 22.7. The van der Waals surface area contributed by atoms with Crippen LogP contribution in [0.4, 0.5) is 34.1 Å². The molecule has 0 radical (unpaired) electrons. The molecule has 1 aliphatic carbocycles. The van der Waals surface area contributed by atoms with Gasteiger partial charge in [0.25, 0.3) is 6.71 Å². The van der Waals surface area contributed by atoms with Crippen molar-refractivity contribution in [1.29, 1.82) is 0 Å². The zero-order valence-corrected chi connectivity index (χ0v) is 41.5. The number of hydrogen-bond donors (Lipinski definition) is 0. The highest BCUT2D eigenvalue weighted by Gasteiger charge is 2.45. The minimum Gasteiger partial charge on any atom is -0.456 e. The molecule has 66 heavy (non-hydrogen) atoms. The zero-order chi connectivity index (χ0) is 46.5. The van der Waals surface area contributed by atoms with Crippen molar-refractivity contribution in [3.05, 3.63) is 161 Å². The molecule has 7 aromatic carbocycles. The average Bonchev–Trinajstić information content (AvgIpc) is 3.65. The van der Waals surface area contributed by atoms with Gasteiger partial charge in [0.1, 0.15) is 11.2 Å². The summed E-state index contributed by atoms with van der Waals surface area (Å²) in [6.07, 6.45) is 2.37. The van der Waals surface area contributed by atoms with Gasteiger partial charge in [0.15, 0.2) is 0 Å². The van der Waals surface area contributed by atoms with Crippen molar-refractivity contribution in [3.8, 4) is 11.1 Å². The van der Waals surface area contributed by atoms with Crippen LogP contribution >= 0.6 is 0 Å². The predicted octanol–water partition coefficient (Wildman–Crippen LogP) is 15.6. The molecular formula is C62H65BN2O. The summed E-state index contributed by atoms with van der Waals surface area (Å²) in [6, 6.07) is 51.4. The lowest BCUT2D eigenvalue weighted by Crippen LogP contribution is -2.61. The van der Waals surface area contributed by atoms with Crippen LogP contribution in [0.25, 0.3) is 33.1 Å². The summed E-state index contributed by atoms with van der Waals surface area (Å²) < 4.78 is 6.35. The van der Waals surface area contributed by atoms with Crippen LogP contribution in [0.3, 0.4) is 0 Å². The summed E-state index contributed by atoms with van der Waals surface area (Å²) in [5.74, 6) is 0. The van der Waals surface area contributed by atoms with Gasteiger partial charge in [-0.1, -0.05) is 163 Å². The molecule has 4 heteroatoms. The van der Waals surface area contributed by atoms with Crippen LogP contribution in [0.15, 0.2) is 138 Å². The molecule has 0 fully saturated rings. The van der Waals surface area contributed by atoms with Crippen LogP contribution in [0.1, 0.15) is 131 Å². The second-order valence-electron chi connectivity index (χ2n) is 24.2. The molecule has 0 saturated heterocycles. The van der Waals surface area contributed by atoms with Crippen LogP contribution in [0, 0.1) is 0 Å². The predicted molar refractivity (Wildman–Crippen MR) is 285 cm³/mol. The van der Waals surface area contributed by atoms with Crippen LogP contribution in [-0.4, -0.2) is 6.71 Å². The quantitative estimate of drug-likeness (QED) is 0.165. The molecule has 2 aliphatic heterocycles. The van der Waals surface area contributed by atoms with Crippen LogP contribution < -0.4 is 26.2 Å². The van der Waals surface area contributed by atoms with Gasteiger partial charge >= 0.3 is 0 Å². The highest BCUT2D eigenvalue weighted by molar-refractivity contribution is 7.00. The standard InChI is InChI=1S/C62H65BN2O/c1-58(2,3)39-23-29-48-50(33-39)64(42-25-21-38(22-26-42)44-18-16-20-55-56(44)45-17-14-15-19-54(45)66-55)52-35-41(60(7,8)9)36-53-57(52)63(48)49-30-24-40(59(4,5)6)34-51(49)65(53)43-27-28-46-47(37-43)62(12,13)32-31-61(46,10)11/h14-30,33-37H,31-32H2,1-13H3. The Morgan fingerprint density at radius 1 is 0.470 bits per heavy atom. The first-order chi connectivity index (χ1) is 31.1. The van der Waals surface area contributed by atoms with Gasteiger partial charge in [-0.25, -0.2) is 0 Å². The largest absolute Gasteiger partial charge is 0.456 e. The molecule has 3 aliphatic rings. The topological polar surface area (TPSA) is 19.6 Å². The van der Waals surface area contributed by atoms with E-state index in [-0.39, 0.29) is 33.8 Å². The molecule has 0 amide bonds. The third kappa shape index (κ3) is 6.60. The summed E-state index contributed by atoms with van der Waals surface area (Å²) in [6.45, 7) is 31.0. The molecule has 0 atom stereocenters. The molecule has 0 unspecified atom stereocenters. The minimum atomic E-state index is -0.114. The molecular weight excluding hydrogens is 800 g/mol. The Kier molecular flexibility index (Phi) is 9.21. The van der Waals surface area contributed by atoms with Crippen molar-refractivity contribution in [1.82, 2.24) is 0 Å². The highest BCUT2D eigenvalue weighted by Crippen LogP contribution is 2.51. The van der Waals surface area contributed by atoms with Gasteiger partial charge in [0.2, 0.25) is 0 Å².